The summed E-state index contributed by atoms with van der Waals surface area (Å²) in [6.45, 7) is 0.316. The summed E-state index contributed by atoms with van der Waals surface area (Å²) in [6.07, 6.45) is 0.288. The van der Waals surface area contributed by atoms with Crippen molar-refractivity contribution >= 4 is 29.0 Å². The highest BCUT2D eigenvalue weighted by Gasteiger charge is 2.31. The van der Waals surface area contributed by atoms with Gasteiger partial charge in [-0.2, -0.15) is 0 Å². The van der Waals surface area contributed by atoms with Gasteiger partial charge in [-0.15, -0.1) is 0 Å². The van der Waals surface area contributed by atoms with Crippen LogP contribution in [0.4, 0.5) is 5.69 Å². The van der Waals surface area contributed by atoms with E-state index >= 15 is 0 Å². The zero-order valence-electron chi connectivity index (χ0n) is 12.0. The SMILES string of the molecule is COc1cccc2c1N(C(=O)c1ccccc1Cl)CCC2=O. The molecule has 1 aliphatic heterocycles. The second-order valence-corrected chi connectivity index (χ2v) is 5.37. The number of anilines is 1. The second-order valence-electron chi connectivity index (χ2n) is 4.97. The Bertz CT molecular complexity index is 757. The fraction of sp³-hybridized carbons (Fsp3) is 0.176. The van der Waals surface area contributed by atoms with Gasteiger partial charge in [0.2, 0.25) is 0 Å². The molecule has 0 saturated carbocycles. The molecule has 0 unspecified atom stereocenters. The number of amides is 1. The van der Waals surface area contributed by atoms with Crippen LogP contribution in [0.15, 0.2) is 42.5 Å². The zero-order chi connectivity index (χ0) is 15.7. The van der Waals surface area contributed by atoms with Gasteiger partial charge in [0.05, 0.1) is 23.4 Å². The molecule has 1 amide bonds. The van der Waals surface area contributed by atoms with Gasteiger partial charge in [0.1, 0.15) is 5.75 Å². The first-order valence-electron chi connectivity index (χ1n) is 6.90. The number of para-hydroxylation sites is 1. The van der Waals surface area contributed by atoms with E-state index in [4.69, 9.17) is 16.3 Å². The molecule has 22 heavy (non-hydrogen) atoms. The van der Waals surface area contributed by atoms with Gasteiger partial charge < -0.3 is 9.64 Å². The number of Topliss-reactive ketones (excluding diaryl/α,β-unsaturated/α-hetero) is 1. The maximum atomic E-state index is 12.8. The Morgan fingerprint density at radius 2 is 1.95 bits per heavy atom. The molecule has 0 atom stereocenters. The summed E-state index contributed by atoms with van der Waals surface area (Å²) >= 11 is 6.12. The molecule has 0 aromatic heterocycles. The van der Waals surface area contributed by atoms with E-state index in [1.54, 1.807) is 47.4 Å². The van der Waals surface area contributed by atoms with Crippen molar-refractivity contribution in [1.82, 2.24) is 0 Å². The molecule has 1 aliphatic rings. The molecule has 0 saturated heterocycles. The molecule has 0 spiro atoms. The van der Waals surface area contributed by atoms with Gasteiger partial charge >= 0.3 is 0 Å². The summed E-state index contributed by atoms with van der Waals surface area (Å²) in [4.78, 5) is 26.5. The van der Waals surface area contributed by atoms with Gasteiger partial charge in [-0.1, -0.05) is 29.8 Å². The fourth-order valence-corrected chi connectivity index (χ4v) is 2.85. The Labute approximate surface area is 133 Å². The van der Waals surface area contributed by atoms with E-state index in [0.717, 1.165) is 0 Å². The third-order valence-corrected chi connectivity index (χ3v) is 4.03. The number of ether oxygens (including phenoxy) is 1. The highest BCUT2D eigenvalue weighted by Crippen LogP contribution is 2.37. The van der Waals surface area contributed by atoms with Gasteiger partial charge in [-0.25, -0.2) is 0 Å². The minimum Gasteiger partial charge on any atom is -0.495 e. The molecule has 2 aromatic carbocycles. The Kier molecular flexibility index (Phi) is 3.86. The second kappa shape index (κ2) is 5.81. The van der Waals surface area contributed by atoms with E-state index in [0.29, 0.717) is 34.1 Å². The lowest BCUT2D eigenvalue weighted by Gasteiger charge is -2.30. The van der Waals surface area contributed by atoms with Crippen LogP contribution in [0.3, 0.4) is 0 Å². The van der Waals surface area contributed by atoms with Crippen LogP contribution in [0.25, 0.3) is 0 Å². The van der Waals surface area contributed by atoms with E-state index in [-0.39, 0.29) is 18.1 Å². The lowest BCUT2D eigenvalue weighted by Crippen LogP contribution is -2.37. The monoisotopic (exact) mass is 315 g/mol. The molecule has 112 valence electrons. The number of carbonyl (C=O) groups excluding carboxylic acids is 2. The summed E-state index contributed by atoms with van der Waals surface area (Å²) in [7, 11) is 1.52. The van der Waals surface area contributed by atoms with Crippen LogP contribution in [0, 0.1) is 0 Å². The largest absolute Gasteiger partial charge is 0.495 e. The van der Waals surface area contributed by atoms with E-state index in [1.165, 1.54) is 7.11 Å². The van der Waals surface area contributed by atoms with Crippen molar-refractivity contribution in [3.05, 3.63) is 58.6 Å². The van der Waals surface area contributed by atoms with E-state index in [2.05, 4.69) is 0 Å². The van der Waals surface area contributed by atoms with Crippen molar-refractivity contribution in [3.8, 4) is 5.75 Å². The predicted molar refractivity (Wildman–Crippen MR) is 85.1 cm³/mol. The molecule has 0 fully saturated rings. The summed E-state index contributed by atoms with van der Waals surface area (Å²) in [5.41, 5.74) is 1.44. The molecule has 0 radical (unpaired) electrons. The van der Waals surface area contributed by atoms with Crippen LogP contribution in [0.2, 0.25) is 5.02 Å². The van der Waals surface area contributed by atoms with Crippen LogP contribution in [-0.2, 0) is 0 Å². The molecule has 5 heteroatoms. The molecule has 0 bridgehead atoms. The Hall–Kier alpha value is -2.33. The third kappa shape index (κ3) is 2.35. The van der Waals surface area contributed by atoms with Gasteiger partial charge in [-0.3, -0.25) is 9.59 Å². The van der Waals surface area contributed by atoms with Crippen LogP contribution in [0.1, 0.15) is 27.1 Å². The number of hydrogen-bond donors (Lipinski definition) is 0. The lowest BCUT2D eigenvalue weighted by molar-refractivity contribution is 0.0954. The van der Waals surface area contributed by atoms with Crippen LogP contribution in [0.5, 0.6) is 5.75 Å². The van der Waals surface area contributed by atoms with Crippen molar-refractivity contribution < 1.29 is 14.3 Å². The summed E-state index contributed by atoms with van der Waals surface area (Å²) in [5, 5.41) is 0.390. The van der Waals surface area contributed by atoms with Crippen molar-refractivity contribution in [1.29, 1.82) is 0 Å². The van der Waals surface area contributed by atoms with Gasteiger partial charge in [0, 0.05) is 18.5 Å². The Morgan fingerprint density at radius 3 is 2.68 bits per heavy atom. The highest BCUT2D eigenvalue weighted by molar-refractivity contribution is 6.34. The number of hydrogen-bond acceptors (Lipinski definition) is 3. The molecule has 3 rings (SSSR count). The average Bonchev–Trinajstić information content (AvgIpc) is 2.55. The van der Waals surface area contributed by atoms with Gasteiger partial charge in [-0.05, 0) is 24.3 Å². The number of benzene rings is 2. The molecule has 2 aromatic rings. The van der Waals surface area contributed by atoms with E-state index in [9.17, 15) is 9.59 Å². The van der Waals surface area contributed by atoms with Crippen LogP contribution >= 0.6 is 11.6 Å². The first-order valence-corrected chi connectivity index (χ1v) is 7.28. The predicted octanol–water partition coefficient (Wildman–Crippen LogP) is 3.58. The zero-order valence-corrected chi connectivity index (χ0v) is 12.8. The first kappa shape index (κ1) is 14.6. The smallest absolute Gasteiger partial charge is 0.259 e. The molecular weight excluding hydrogens is 302 g/mol. The first-order chi connectivity index (χ1) is 10.6. The minimum absolute atomic E-state index is 0.0112. The van der Waals surface area contributed by atoms with Crippen molar-refractivity contribution in [3.63, 3.8) is 0 Å². The molecular formula is C17H14ClNO3. The molecule has 4 nitrogen and oxygen atoms in total. The van der Waals surface area contributed by atoms with E-state index in [1.807, 2.05) is 0 Å². The fourth-order valence-electron chi connectivity index (χ4n) is 2.63. The lowest BCUT2D eigenvalue weighted by atomic mass is 9.98. The van der Waals surface area contributed by atoms with E-state index < -0.39 is 0 Å². The molecule has 1 heterocycles. The minimum atomic E-state index is -0.233. The maximum Gasteiger partial charge on any atom is 0.259 e. The number of rotatable bonds is 2. The summed E-state index contributed by atoms with van der Waals surface area (Å²) in [6, 6.07) is 12.1. The number of nitrogens with zero attached hydrogens (tertiary/aromatic N) is 1. The summed E-state index contributed by atoms with van der Waals surface area (Å²) in [5.74, 6) is 0.284. The van der Waals surface area contributed by atoms with Crippen LogP contribution < -0.4 is 9.64 Å². The van der Waals surface area contributed by atoms with Crippen molar-refractivity contribution in [2.24, 2.45) is 0 Å². The maximum absolute atomic E-state index is 12.8. The average molecular weight is 316 g/mol. The number of methoxy groups -OCH3 is 1. The molecule has 0 N–H and O–H groups in total. The normalized spacial score (nSPS) is 13.7. The number of ketones is 1. The Balaban J connectivity index is 2.11. The van der Waals surface area contributed by atoms with Crippen LogP contribution in [-0.4, -0.2) is 25.3 Å². The molecule has 0 aliphatic carbocycles. The number of carbonyl (C=O) groups is 2. The Morgan fingerprint density at radius 1 is 1.18 bits per heavy atom. The topological polar surface area (TPSA) is 46.6 Å². The summed E-state index contributed by atoms with van der Waals surface area (Å²) < 4.78 is 5.33. The van der Waals surface area contributed by atoms with Crippen molar-refractivity contribution in [2.75, 3.05) is 18.6 Å². The standard InChI is InChI=1S/C17H14ClNO3/c1-22-15-8-4-6-12-14(20)9-10-19(16(12)15)17(21)11-5-2-3-7-13(11)18/h2-8H,9-10H2,1H3. The third-order valence-electron chi connectivity index (χ3n) is 3.70. The number of fused-ring (bicyclic) bond motifs is 1. The van der Waals surface area contributed by atoms with Gasteiger partial charge in [0.25, 0.3) is 5.91 Å². The quantitative estimate of drug-likeness (QED) is 0.851. The number of halogens is 1. The highest BCUT2D eigenvalue weighted by atomic mass is 35.5. The van der Waals surface area contributed by atoms with Crippen molar-refractivity contribution in [2.45, 2.75) is 6.42 Å². The van der Waals surface area contributed by atoms with Gasteiger partial charge in [0.15, 0.2) is 5.78 Å².